The van der Waals surface area contributed by atoms with Crippen LogP contribution in [-0.4, -0.2) is 29.4 Å². The van der Waals surface area contributed by atoms with Crippen molar-refractivity contribution in [3.8, 4) is 0 Å². The Hall–Kier alpha value is -2.33. The third-order valence-corrected chi connectivity index (χ3v) is 3.48. The second-order valence-electron chi connectivity index (χ2n) is 6.31. The minimum Gasteiger partial charge on any atom is -0.465 e. The van der Waals surface area contributed by atoms with Crippen LogP contribution in [0.2, 0.25) is 0 Å². The van der Waals surface area contributed by atoms with Crippen LogP contribution < -0.4 is 0 Å². The summed E-state index contributed by atoms with van der Waals surface area (Å²) in [5.74, 6) is 0.848. The smallest absolute Gasteiger partial charge is 0.126 e. The summed E-state index contributed by atoms with van der Waals surface area (Å²) in [6.07, 6.45) is 7.32. The molecular weight excluding hydrogens is 288 g/mol. The fraction of sp³-hybridized carbons (Fsp3) is 0.316. The Balaban J connectivity index is 2.04. The van der Waals surface area contributed by atoms with Crippen molar-refractivity contribution in [3.63, 3.8) is 0 Å². The molecule has 0 atom stereocenters. The Morgan fingerprint density at radius 1 is 1.17 bits per heavy atom. The molecule has 0 unspecified atom stereocenters. The monoisotopic (exact) mass is 312 g/mol. The SMILES string of the molecule is CC(C)(/C=N/O)CN(C/C=C/c1ccco1)Cc1ccccc1. The molecule has 4 heteroatoms. The number of rotatable bonds is 8. The maximum atomic E-state index is 8.83. The van der Waals surface area contributed by atoms with Gasteiger partial charge in [0, 0.05) is 25.0 Å². The first-order valence-electron chi connectivity index (χ1n) is 7.74. The van der Waals surface area contributed by atoms with Crippen LogP contribution in [0.1, 0.15) is 25.2 Å². The van der Waals surface area contributed by atoms with Crippen LogP contribution in [-0.2, 0) is 6.54 Å². The van der Waals surface area contributed by atoms with E-state index < -0.39 is 0 Å². The summed E-state index contributed by atoms with van der Waals surface area (Å²) in [7, 11) is 0. The molecule has 0 saturated carbocycles. The highest BCUT2D eigenvalue weighted by Gasteiger charge is 2.19. The number of hydrogen-bond donors (Lipinski definition) is 1. The van der Waals surface area contributed by atoms with Crippen molar-refractivity contribution in [3.05, 3.63) is 66.1 Å². The molecule has 0 spiro atoms. The molecule has 1 aromatic carbocycles. The largest absolute Gasteiger partial charge is 0.465 e. The van der Waals surface area contributed by atoms with Gasteiger partial charge in [-0.1, -0.05) is 50.3 Å². The molecule has 0 radical (unpaired) electrons. The predicted octanol–water partition coefficient (Wildman–Crippen LogP) is 4.28. The first-order valence-corrected chi connectivity index (χ1v) is 7.74. The number of furan rings is 1. The van der Waals surface area contributed by atoms with Crippen molar-refractivity contribution in [2.24, 2.45) is 10.6 Å². The summed E-state index contributed by atoms with van der Waals surface area (Å²) < 4.78 is 5.31. The zero-order valence-corrected chi connectivity index (χ0v) is 13.7. The number of oxime groups is 1. The highest BCUT2D eigenvalue weighted by atomic mass is 16.4. The van der Waals surface area contributed by atoms with Crippen molar-refractivity contribution in [2.45, 2.75) is 20.4 Å². The van der Waals surface area contributed by atoms with Crippen molar-refractivity contribution in [2.75, 3.05) is 13.1 Å². The zero-order chi connectivity index (χ0) is 16.5. The van der Waals surface area contributed by atoms with Crippen molar-refractivity contribution < 1.29 is 9.62 Å². The van der Waals surface area contributed by atoms with E-state index in [0.717, 1.165) is 25.4 Å². The molecule has 2 rings (SSSR count). The molecule has 0 bridgehead atoms. The van der Waals surface area contributed by atoms with Gasteiger partial charge in [-0.05, 0) is 23.8 Å². The fourth-order valence-electron chi connectivity index (χ4n) is 2.50. The van der Waals surface area contributed by atoms with Gasteiger partial charge in [-0.15, -0.1) is 5.16 Å². The van der Waals surface area contributed by atoms with Gasteiger partial charge in [-0.2, -0.15) is 0 Å². The Labute approximate surface area is 137 Å². The van der Waals surface area contributed by atoms with Gasteiger partial charge in [-0.3, -0.25) is 4.90 Å². The minimum absolute atomic E-state index is 0.206. The maximum absolute atomic E-state index is 8.83. The van der Waals surface area contributed by atoms with E-state index in [-0.39, 0.29) is 5.41 Å². The van der Waals surface area contributed by atoms with Crippen LogP contribution in [0.15, 0.2) is 64.4 Å². The van der Waals surface area contributed by atoms with E-state index in [4.69, 9.17) is 9.62 Å². The van der Waals surface area contributed by atoms with Crippen LogP contribution in [0.5, 0.6) is 0 Å². The summed E-state index contributed by atoms with van der Waals surface area (Å²) in [4.78, 5) is 2.32. The van der Waals surface area contributed by atoms with Gasteiger partial charge in [0.2, 0.25) is 0 Å². The number of hydrogen-bond acceptors (Lipinski definition) is 4. The van der Waals surface area contributed by atoms with Gasteiger partial charge in [-0.25, -0.2) is 0 Å². The normalized spacial score (nSPS) is 12.7. The van der Waals surface area contributed by atoms with E-state index in [1.54, 1.807) is 12.5 Å². The van der Waals surface area contributed by atoms with Crippen LogP contribution in [0.25, 0.3) is 6.08 Å². The molecule has 0 aliphatic rings. The molecule has 0 fully saturated rings. The van der Waals surface area contributed by atoms with Gasteiger partial charge >= 0.3 is 0 Å². The lowest BCUT2D eigenvalue weighted by Crippen LogP contribution is -2.35. The molecule has 0 amide bonds. The Bertz CT molecular complexity index is 616. The Kier molecular flexibility index (Phi) is 6.18. The lowest BCUT2D eigenvalue weighted by atomic mass is 9.94. The standard InChI is InChI=1S/C19H24N2O2/c1-19(2,15-20-22)16-21(14-17-8-4-3-5-9-17)12-6-10-18-11-7-13-23-18/h3-11,13,15,22H,12,14,16H2,1-2H3/b10-6+,20-15+. The van der Waals surface area contributed by atoms with Gasteiger partial charge in [0.05, 0.1) is 12.5 Å². The summed E-state index contributed by atoms with van der Waals surface area (Å²) in [5.41, 5.74) is 1.05. The van der Waals surface area contributed by atoms with E-state index in [0.29, 0.717) is 0 Å². The van der Waals surface area contributed by atoms with Gasteiger partial charge in [0.1, 0.15) is 5.76 Å². The predicted molar refractivity (Wildman–Crippen MR) is 93.5 cm³/mol. The Morgan fingerprint density at radius 3 is 2.61 bits per heavy atom. The minimum atomic E-state index is -0.206. The Morgan fingerprint density at radius 2 is 1.96 bits per heavy atom. The van der Waals surface area contributed by atoms with Crippen LogP contribution in [0, 0.1) is 5.41 Å². The second kappa shape index (κ2) is 8.34. The molecule has 1 N–H and O–H groups in total. The lowest BCUT2D eigenvalue weighted by Gasteiger charge is -2.29. The molecule has 1 aromatic heterocycles. The molecule has 0 saturated heterocycles. The van der Waals surface area contributed by atoms with Crippen LogP contribution >= 0.6 is 0 Å². The molecule has 23 heavy (non-hydrogen) atoms. The lowest BCUT2D eigenvalue weighted by molar-refractivity contribution is 0.230. The first-order chi connectivity index (χ1) is 11.1. The van der Waals surface area contributed by atoms with E-state index in [2.05, 4.69) is 42.1 Å². The van der Waals surface area contributed by atoms with E-state index in [1.807, 2.05) is 36.4 Å². The van der Waals surface area contributed by atoms with E-state index in [1.165, 1.54) is 5.56 Å². The summed E-state index contributed by atoms with van der Waals surface area (Å²) in [5, 5.41) is 12.0. The topological polar surface area (TPSA) is 49.0 Å². The van der Waals surface area contributed by atoms with E-state index >= 15 is 0 Å². The maximum Gasteiger partial charge on any atom is 0.126 e. The molecule has 0 aliphatic heterocycles. The van der Waals surface area contributed by atoms with E-state index in [9.17, 15) is 0 Å². The second-order valence-corrected chi connectivity index (χ2v) is 6.31. The molecule has 122 valence electrons. The average molecular weight is 312 g/mol. The van der Waals surface area contributed by atoms with Gasteiger partial charge in [0.25, 0.3) is 0 Å². The van der Waals surface area contributed by atoms with Crippen molar-refractivity contribution in [1.29, 1.82) is 0 Å². The summed E-state index contributed by atoms with van der Waals surface area (Å²) in [6.45, 7) is 6.53. The van der Waals surface area contributed by atoms with Crippen LogP contribution in [0.3, 0.4) is 0 Å². The molecule has 2 aromatic rings. The van der Waals surface area contributed by atoms with Crippen LogP contribution in [0.4, 0.5) is 0 Å². The van der Waals surface area contributed by atoms with Gasteiger partial charge < -0.3 is 9.62 Å². The highest BCUT2D eigenvalue weighted by Crippen LogP contribution is 2.17. The third-order valence-electron chi connectivity index (χ3n) is 3.48. The molecule has 0 aliphatic carbocycles. The van der Waals surface area contributed by atoms with Crippen molar-refractivity contribution >= 4 is 12.3 Å². The summed E-state index contributed by atoms with van der Waals surface area (Å²) >= 11 is 0. The third kappa shape index (κ3) is 6.12. The van der Waals surface area contributed by atoms with Gasteiger partial charge in [0.15, 0.2) is 0 Å². The number of nitrogens with zero attached hydrogens (tertiary/aromatic N) is 2. The molecule has 4 nitrogen and oxygen atoms in total. The molecular formula is C19H24N2O2. The number of benzene rings is 1. The highest BCUT2D eigenvalue weighted by molar-refractivity contribution is 5.64. The summed E-state index contributed by atoms with van der Waals surface area (Å²) in [6, 6.07) is 14.2. The quantitative estimate of drug-likeness (QED) is 0.449. The van der Waals surface area contributed by atoms with Crippen molar-refractivity contribution in [1.82, 2.24) is 4.90 Å². The first kappa shape index (κ1) is 17.0. The fourth-order valence-corrected chi connectivity index (χ4v) is 2.50. The zero-order valence-electron chi connectivity index (χ0n) is 13.7. The average Bonchev–Trinajstić information content (AvgIpc) is 3.01. The molecule has 1 heterocycles.